The van der Waals surface area contributed by atoms with Crippen LogP contribution in [0.15, 0.2) is 48.5 Å². The van der Waals surface area contributed by atoms with E-state index in [-0.39, 0.29) is 41.2 Å². The molecule has 43 heavy (non-hydrogen) atoms. The van der Waals surface area contributed by atoms with Crippen LogP contribution in [-0.2, 0) is 24.4 Å². The summed E-state index contributed by atoms with van der Waals surface area (Å²) >= 11 is 0. The lowest BCUT2D eigenvalue weighted by molar-refractivity contribution is -0.0592. The first-order valence-electron chi connectivity index (χ1n) is 13.9. The molecule has 0 saturated carbocycles. The van der Waals surface area contributed by atoms with Crippen molar-refractivity contribution >= 4 is 17.0 Å². The highest BCUT2D eigenvalue weighted by atomic mass is 19.1. The number of pyridine rings is 1. The van der Waals surface area contributed by atoms with Crippen LogP contribution in [0.2, 0.25) is 0 Å². The first kappa shape index (κ1) is 28.6. The Kier molecular flexibility index (Phi) is 8.01. The van der Waals surface area contributed by atoms with Gasteiger partial charge < -0.3 is 19.1 Å². The van der Waals surface area contributed by atoms with E-state index in [1.54, 1.807) is 18.2 Å². The molecule has 0 amide bonds. The molecule has 2 saturated heterocycles. The number of alkyl halides is 1. The number of nitriles is 1. The molecule has 1 unspecified atom stereocenters. The van der Waals surface area contributed by atoms with Crippen LogP contribution in [0, 0.1) is 23.0 Å². The number of aromatic nitrogens is 3. The summed E-state index contributed by atoms with van der Waals surface area (Å²) in [7, 11) is 0. The number of benzene rings is 2. The molecule has 0 radical (unpaired) electrons. The molecule has 0 bridgehead atoms. The predicted molar refractivity (Wildman–Crippen MR) is 148 cm³/mol. The number of aromatic carboxylic acids is 1. The third kappa shape index (κ3) is 5.91. The highest BCUT2D eigenvalue weighted by molar-refractivity contribution is 5.92. The normalized spacial score (nSPS) is 20.2. The molecule has 222 valence electrons. The zero-order valence-corrected chi connectivity index (χ0v) is 23.0. The molecule has 12 heteroatoms. The van der Waals surface area contributed by atoms with Gasteiger partial charge >= 0.3 is 5.97 Å². The Morgan fingerprint density at radius 3 is 2.67 bits per heavy atom. The van der Waals surface area contributed by atoms with Crippen molar-refractivity contribution in [2.24, 2.45) is 0 Å². The van der Waals surface area contributed by atoms with Gasteiger partial charge in [-0.1, -0.05) is 0 Å². The Balaban J connectivity index is 1.21. The molecular weight excluding hydrogens is 563 g/mol. The fourth-order valence-electron chi connectivity index (χ4n) is 5.66. The number of imidazole rings is 1. The van der Waals surface area contributed by atoms with Gasteiger partial charge in [-0.2, -0.15) is 5.26 Å². The number of carbonyl (C=O) groups is 1. The zero-order chi connectivity index (χ0) is 30.1. The van der Waals surface area contributed by atoms with Crippen LogP contribution in [0.1, 0.15) is 51.9 Å². The number of halogens is 3. The van der Waals surface area contributed by atoms with Gasteiger partial charge in [0.2, 0.25) is 0 Å². The summed E-state index contributed by atoms with van der Waals surface area (Å²) in [6.07, 6.45) is 1.33. The highest BCUT2D eigenvalue weighted by Gasteiger charge is 2.35. The molecule has 0 aliphatic carbocycles. The molecule has 6 rings (SSSR count). The molecule has 1 N–H and O–H groups in total. The summed E-state index contributed by atoms with van der Waals surface area (Å²) in [4.78, 5) is 22.8. The first-order chi connectivity index (χ1) is 20.8. The molecular formula is C31H28F3N5O4. The van der Waals surface area contributed by atoms with E-state index < -0.39 is 30.3 Å². The van der Waals surface area contributed by atoms with E-state index in [0.29, 0.717) is 55.2 Å². The minimum Gasteiger partial charge on any atom is -0.484 e. The summed E-state index contributed by atoms with van der Waals surface area (Å²) in [5.41, 5.74) is 2.19. The van der Waals surface area contributed by atoms with E-state index in [2.05, 4.69) is 4.98 Å². The Bertz CT molecular complexity index is 1720. The van der Waals surface area contributed by atoms with Gasteiger partial charge in [0, 0.05) is 30.8 Å². The molecule has 2 aromatic heterocycles. The lowest BCUT2D eigenvalue weighted by Gasteiger charge is -2.28. The molecule has 9 nitrogen and oxygen atoms in total. The topological polar surface area (TPSA) is 114 Å². The Hall–Kier alpha value is -4.47. The van der Waals surface area contributed by atoms with Crippen LogP contribution in [0.25, 0.3) is 11.0 Å². The number of rotatable bonds is 10. The van der Waals surface area contributed by atoms with E-state index >= 15 is 0 Å². The lowest BCUT2D eigenvalue weighted by atomic mass is 10.0. The average Bonchev–Trinajstić information content (AvgIpc) is 3.55. The van der Waals surface area contributed by atoms with Gasteiger partial charge in [0.1, 0.15) is 30.6 Å². The number of nitrogens with zero attached hydrogens (tertiary/aromatic N) is 5. The van der Waals surface area contributed by atoms with Crippen molar-refractivity contribution in [2.75, 3.05) is 19.8 Å². The number of hydrogen-bond donors (Lipinski definition) is 1. The van der Waals surface area contributed by atoms with Gasteiger partial charge in [-0.05, 0) is 61.4 Å². The van der Waals surface area contributed by atoms with Crippen molar-refractivity contribution in [3.63, 3.8) is 0 Å². The second-order valence-corrected chi connectivity index (χ2v) is 10.8. The maximum atomic E-state index is 14.6. The van der Waals surface area contributed by atoms with Gasteiger partial charge in [0.25, 0.3) is 0 Å². The van der Waals surface area contributed by atoms with Crippen LogP contribution >= 0.6 is 0 Å². The Morgan fingerprint density at radius 2 is 1.98 bits per heavy atom. The van der Waals surface area contributed by atoms with Crippen molar-refractivity contribution in [1.82, 2.24) is 19.4 Å². The highest BCUT2D eigenvalue weighted by Crippen LogP contribution is 2.34. The predicted octanol–water partition coefficient (Wildman–Crippen LogP) is 4.97. The molecule has 0 spiro atoms. The van der Waals surface area contributed by atoms with Gasteiger partial charge in [-0.15, -0.1) is 0 Å². The van der Waals surface area contributed by atoms with Crippen molar-refractivity contribution in [3.05, 3.63) is 88.5 Å². The maximum absolute atomic E-state index is 14.6. The molecule has 2 aliphatic heterocycles. The Morgan fingerprint density at radius 1 is 1.14 bits per heavy atom. The minimum atomic E-state index is -1.03. The number of fused-ring (bicyclic) bond motifs is 1. The van der Waals surface area contributed by atoms with Crippen LogP contribution in [-0.4, -0.2) is 62.5 Å². The van der Waals surface area contributed by atoms with E-state index in [0.717, 1.165) is 12.5 Å². The lowest BCUT2D eigenvalue weighted by Crippen LogP contribution is -2.34. The standard InChI is InChI=1S/C31H28F3N5O4/c32-12-21-10-20(25-5-3-23(33)27(36-25)17-43-29-6-1-18(13-35)9-24(29)34)14-38(21)16-30-37-26-4-2-19(31(40)41)11-28(26)39(30)15-22-7-8-42-22/h1-6,9,11,20-22H,7-8,10,12,14-17H2,(H,40,41)/t20-,21+,22?/m1/s1. The van der Waals surface area contributed by atoms with Crippen molar-refractivity contribution in [3.8, 4) is 11.8 Å². The molecule has 3 atom stereocenters. The molecule has 4 aromatic rings. The van der Waals surface area contributed by atoms with Crippen LogP contribution in [0.3, 0.4) is 0 Å². The van der Waals surface area contributed by atoms with E-state index in [1.807, 2.05) is 15.5 Å². The van der Waals surface area contributed by atoms with Crippen molar-refractivity contribution < 1.29 is 32.5 Å². The Labute approximate surface area is 245 Å². The van der Waals surface area contributed by atoms with Gasteiger partial charge in [-0.3, -0.25) is 9.88 Å². The quantitative estimate of drug-likeness (QED) is 0.275. The molecule has 2 fully saturated rings. The minimum absolute atomic E-state index is 0.00487. The summed E-state index contributed by atoms with van der Waals surface area (Å²) in [6.45, 7) is 1.03. The number of likely N-dealkylation sites (tertiary alicyclic amines) is 1. The monoisotopic (exact) mass is 591 g/mol. The van der Waals surface area contributed by atoms with Crippen LogP contribution in [0.4, 0.5) is 13.2 Å². The third-order valence-electron chi connectivity index (χ3n) is 8.09. The van der Waals surface area contributed by atoms with E-state index in [4.69, 9.17) is 19.7 Å². The fourth-order valence-corrected chi connectivity index (χ4v) is 5.66. The van der Waals surface area contributed by atoms with E-state index in [1.165, 1.54) is 24.3 Å². The third-order valence-corrected chi connectivity index (χ3v) is 8.09. The fraction of sp³-hybridized carbons (Fsp3) is 0.355. The molecule has 2 aromatic carbocycles. The summed E-state index contributed by atoms with van der Waals surface area (Å²) in [5.74, 6) is -2.02. The number of ether oxygens (including phenoxy) is 2. The largest absolute Gasteiger partial charge is 0.484 e. The number of hydrogen-bond acceptors (Lipinski definition) is 7. The first-order valence-corrected chi connectivity index (χ1v) is 13.9. The second-order valence-electron chi connectivity index (χ2n) is 10.8. The SMILES string of the molecule is N#Cc1ccc(OCc2nc([C@@H]3C[C@@H](CF)N(Cc4nc5ccc(C(=O)O)cc5n4CC4CCO4)C3)ccc2F)c(F)c1. The van der Waals surface area contributed by atoms with Gasteiger partial charge in [-0.25, -0.2) is 22.9 Å². The van der Waals surface area contributed by atoms with Crippen LogP contribution < -0.4 is 4.74 Å². The molecule has 2 aliphatic rings. The smallest absolute Gasteiger partial charge is 0.335 e. The summed E-state index contributed by atoms with van der Waals surface area (Å²) < 4.78 is 56.2. The van der Waals surface area contributed by atoms with Crippen molar-refractivity contribution in [2.45, 2.75) is 50.6 Å². The number of carboxylic acids is 1. The van der Waals surface area contributed by atoms with Gasteiger partial charge in [0.15, 0.2) is 11.6 Å². The van der Waals surface area contributed by atoms with E-state index in [9.17, 15) is 23.1 Å². The van der Waals surface area contributed by atoms with Crippen LogP contribution in [0.5, 0.6) is 5.75 Å². The summed E-state index contributed by atoms with van der Waals surface area (Å²) in [6, 6.07) is 12.8. The average molecular weight is 592 g/mol. The zero-order valence-electron chi connectivity index (χ0n) is 23.0. The van der Waals surface area contributed by atoms with Gasteiger partial charge in [0.05, 0.1) is 47.4 Å². The van der Waals surface area contributed by atoms with Crippen molar-refractivity contribution in [1.29, 1.82) is 5.26 Å². The molecule has 4 heterocycles. The maximum Gasteiger partial charge on any atom is 0.335 e. The number of carboxylic acid groups (broad SMARTS) is 1. The second kappa shape index (κ2) is 12.0. The summed E-state index contributed by atoms with van der Waals surface area (Å²) in [5, 5.41) is 18.4.